The van der Waals surface area contributed by atoms with Crippen LogP contribution in [0.25, 0.3) is 0 Å². The summed E-state index contributed by atoms with van der Waals surface area (Å²) in [5.74, 6) is 0.302. The Bertz CT molecular complexity index is 403. The monoisotopic (exact) mass is 251 g/mol. The molecule has 18 heavy (non-hydrogen) atoms. The van der Waals surface area contributed by atoms with E-state index in [2.05, 4.69) is 14.5 Å². The van der Waals surface area contributed by atoms with Crippen LogP contribution >= 0.6 is 0 Å². The van der Waals surface area contributed by atoms with Gasteiger partial charge in [-0.15, -0.1) is 0 Å². The van der Waals surface area contributed by atoms with Gasteiger partial charge in [0.15, 0.2) is 0 Å². The fraction of sp³-hybridized carbons (Fsp3) is 0.692. The molecule has 5 heteroatoms. The van der Waals surface area contributed by atoms with Gasteiger partial charge in [-0.05, 0) is 26.3 Å². The predicted molar refractivity (Wildman–Crippen MR) is 68.4 cm³/mol. The Morgan fingerprint density at radius 3 is 2.94 bits per heavy atom. The minimum atomic E-state index is -0.681. The van der Waals surface area contributed by atoms with Crippen LogP contribution in [0.3, 0.4) is 0 Å². The zero-order chi connectivity index (χ0) is 13.0. The number of aryl methyl sites for hydroxylation is 1. The van der Waals surface area contributed by atoms with Crippen molar-refractivity contribution in [2.24, 2.45) is 0 Å². The van der Waals surface area contributed by atoms with Gasteiger partial charge in [-0.2, -0.15) is 0 Å². The quantitative estimate of drug-likeness (QED) is 0.881. The molecule has 1 unspecified atom stereocenters. The Hall–Kier alpha value is -1.36. The molecule has 0 bridgehead atoms. The van der Waals surface area contributed by atoms with Gasteiger partial charge in [0, 0.05) is 25.5 Å². The molecule has 1 aromatic rings. The SMILES string of the molecule is Cc1nccn1CCN1CCCCCC1C(=O)O. The van der Waals surface area contributed by atoms with Crippen molar-refractivity contribution in [1.82, 2.24) is 14.5 Å². The minimum absolute atomic E-state index is 0.309. The molecule has 1 fully saturated rings. The molecule has 0 saturated carbocycles. The number of carboxylic acid groups (broad SMARTS) is 1. The van der Waals surface area contributed by atoms with Crippen molar-refractivity contribution in [3.63, 3.8) is 0 Å². The van der Waals surface area contributed by atoms with E-state index in [0.29, 0.717) is 0 Å². The lowest BCUT2D eigenvalue weighted by Crippen LogP contribution is -2.42. The molecular weight excluding hydrogens is 230 g/mol. The van der Waals surface area contributed by atoms with Crippen molar-refractivity contribution >= 4 is 5.97 Å². The number of imidazole rings is 1. The van der Waals surface area contributed by atoms with Crippen molar-refractivity contribution in [3.8, 4) is 0 Å². The second-order valence-corrected chi connectivity index (χ2v) is 4.91. The lowest BCUT2D eigenvalue weighted by Gasteiger charge is -2.26. The van der Waals surface area contributed by atoms with Crippen molar-refractivity contribution in [1.29, 1.82) is 0 Å². The molecule has 2 heterocycles. The summed E-state index contributed by atoms with van der Waals surface area (Å²) in [6, 6.07) is -0.309. The van der Waals surface area contributed by atoms with Gasteiger partial charge in [0.05, 0.1) is 0 Å². The van der Waals surface area contributed by atoms with E-state index < -0.39 is 5.97 Å². The molecule has 0 amide bonds. The van der Waals surface area contributed by atoms with Crippen LogP contribution in [0, 0.1) is 6.92 Å². The van der Waals surface area contributed by atoms with Crippen LogP contribution in [0.2, 0.25) is 0 Å². The number of carbonyl (C=O) groups is 1. The average Bonchev–Trinajstić information content (AvgIpc) is 2.62. The second kappa shape index (κ2) is 6.00. The lowest BCUT2D eigenvalue weighted by molar-refractivity contribution is -0.143. The van der Waals surface area contributed by atoms with E-state index in [0.717, 1.165) is 51.1 Å². The highest BCUT2D eigenvalue weighted by Gasteiger charge is 2.26. The molecule has 0 aliphatic carbocycles. The van der Waals surface area contributed by atoms with E-state index >= 15 is 0 Å². The fourth-order valence-electron chi connectivity index (χ4n) is 2.59. The van der Waals surface area contributed by atoms with E-state index in [-0.39, 0.29) is 6.04 Å². The normalized spacial score (nSPS) is 21.7. The summed E-state index contributed by atoms with van der Waals surface area (Å²) in [6.07, 6.45) is 7.78. The lowest BCUT2D eigenvalue weighted by atomic mass is 10.1. The topological polar surface area (TPSA) is 58.4 Å². The van der Waals surface area contributed by atoms with Crippen molar-refractivity contribution in [2.75, 3.05) is 13.1 Å². The maximum absolute atomic E-state index is 11.3. The van der Waals surface area contributed by atoms with Crippen molar-refractivity contribution < 1.29 is 9.90 Å². The summed E-state index contributed by atoms with van der Waals surface area (Å²) in [7, 11) is 0. The molecule has 100 valence electrons. The van der Waals surface area contributed by atoms with Gasteiger partial charge in [-0.1, -0.05) is 12.8 Å². The van der Waals surface area contributed by atoms with Crippen LogP contribution in [0.15, 0.2) is 12.4 Å². The summed E-state index contributed by atoms with van der Waals surface area (Å²) in [5.41, 5.74) is 0. The zero-order valence-electron chi connectivity index (χ0n) is 10.9. The highest BCUT2D eigenvalue weighted by Crippen LogP contribution is 2.17. The van der Waals surface area contributed by atoms with Gasteiger partial charge in [-0.3, -0.25) is 9.69 Å². The Balaban J connectivity index is 1.96. The van der Waals surface area contributed by atoms with Crippen LogP contribution in [-0.2, 0) is 11.3 Å². The highest BCUT2D eigenvalue weighted by atomic mass is 16.4. The van der Waals surface area contributed by atoms with Crippen LogP contribution in [0.5, 0.6) is 0 Å². The summed E-state index contributed by atoms with van der Waals surface area (Å²) in [5, 5.41) is 9.28. The third kappa shape index (κ3) is 3.10. The maximum Gasteiger partial charge on any atom is 0.320 e. The third-order valence-corrected chi connectivity index (χ3v) is 3.70. The molecule has 1 saturated heterocycles. The van der Waals surface area contributed by atoms with Crippen LogP contribution in [-0.4, -0.2) is 44.7 Å². The molecule has 1 aliphatic rings. The number of aliphatic carboxylic acids is 1. The summed E-state index contributed by atoms with van der Waals surface area (Å²) < 4.78 is 2.07. The highest BCUT2D eigenvalue weighted by molar-refractivity contribution is 5.73. The first-order valence-corrected chi connectivity index (χ1v) is 6.63. The number of rotatable bonds is 4. The predicted octanol–water partition coefficient (Wildman–Crippen LogP) is 1.52. The summed E-state index contributed by atoms with van der Waals surface area (Å²) >= 11 is 0. The van der Waals surface area contributed by atoms with Gasteiger partial charge < -0.3 is 9.67 Å². The molecule has 0 radical (unpaired) electrons. The molecule has 2 rings (SSSR count). The van der Waals surface area contributed by atoms with E-state index in [4.69, 9.17) is 0 Å². The van der Waals surface area contributed by atoms with Gasteiger partial charge in [0.2, 0.25) is 0 Å². The molecule has 1 aliphatic heterocycles. The average molecular weight is 251 g/mol. The van der Waals surface area contributed by atoms with Crippen LogP contribution in [0.1, 0.15) is 31.5 Å². The van der Waals surface area contributed by atoms with Crippen molar-refractivity contribution in [3.05, 3.63) is 18.2 Å². The van der Waals surface area contributed by atoms with Gasteiger partial charge in [0.1, 0.15) is 11.9 Å². The number of hydrogen-bond acceptors (Lipinski definition) is 3. The number of hydrogen-bond donors (Lipinski definition) is 1. The Morgan fingerprint density at radius 2 is 2.28 bits per heavy atom. The third-order valence-electron chi connectivity index (χ3n) is 3.70. The molecule has 0 spiro atoms. The number of aromatic nitrogens is 2. The molecule has 1 aromatic heterocycles. The Morgan fingerprint density at radius 1 is 1.44 bits per heavy atom. The summed E-state index contributed by atoms with van der Waals surface area (Å²) in [6.45, 7) is 4.46. The first kappa shape index (κ1) is 13.1. The molecule has 1 atom stereocenters. The molecule has 5 nitrogen and oxygen atoms in total. The second-order valence-electron chi connectivity index (χ2n) is 4.91. The number of likely N-dealkylation sites (tertiary alicyclic amines) is 1. The van der Waals surface area contributed by atoms with E-state index in [1.54, 1.807) is 6.20 Å². The molecule has 1 N–H and O–H groups in total. The Labute approximate surface area is 107 Å². The summed E-state index contributed by atoms with van der Waals surface area (Å²) in [4.78, 5) is 17.6. The smallest absolute Gasteiger partial charge is 0.320 e. The van der Waals surface area contributed by atoms with Crippen molar-refractivity contribution in [2.45, 2.75) is 45.2 Å². The number of carboxylic acids is 1. The standard InChI is InChI=1S/C13H21N3O2/c1-11-14-6-8-15(11)9-10-16-7-4-2-3-5-12(16)13(17)18/h6,8,12H,2-5,7,9-10H2,1H3,(H,17,18). The fourth-order valence-corrected chi connectivity index (χ4v) is 2.59. The Kier molecular flexibility index (Phi) is 4.36. The zero-order valence-corrected chi connectivity index (χ0v) is 10.9. The number of nitrogens with zero attached hydrogens (tertiary/aromatic N) is 3. The first-order chi connectivity index (χ1) is 8.68. The van der Waals surface area contributed by atoms with Gasteiger partial charge in [-0.25, -0.2) is 4.98 Å². The van der Waals surface area contributed by atoms with E-state index in [1.807, 2.05) is 13.1 Å². The minimum Gasteiger partial charge on any atom is -0.480 e. The molecule has 0 aromatic carbocycles. The van der Waals surface area contributed by atoms with E-state index in [1.165, 1.54) is 0 Å². The van der Waals surface area contributed by atoms with E-state index in [9.17, 15) is 9.90 Å². The molecular formula is C13H21N3O2. The first-order valence-electron chi connectivity index (χ1n) is 6.63. The van der Waals surface area contributed by atoms with Crippen LogP contribution in [0.4, 0.5) is 0 Å². The van der Waals surface area contributed by atoms with Crippen LogP contribution < -0.4 is 0 Å². The largest absolute Gasteiger partial charge is 0.480 e. The maximum atomic E-state index is 11.3. The van der Waals surface area contributed by atoms with Gasteiger partial charge >= 0.3 is 5.97 Å². The van der Waals surface area contributed by atoms with Gasteiger partial charge in [0.25, 0.3) is 0 Å².